The van der Waals surface area contributed by atoms with E-state index in [0.29, 0.717) is 0 Å². The van der Waals surface area contributed by atoms with Crippen LogP contribution >= 0.6 is 0 Å². The number of ether oxygens (including phenoxy) is 4. The second-order valence-corrected chi connectivity index (χ2v) is 5.83. The Labute approximate surface area is 188 Å². The predicted molar refractivity (Wildman–Crippen MR) is 74.5 cm³/mol. The minimum absolute atomic E-state index is 0. The Hall–Kier alpha value is 1.20. The average molecular weight is 396 g/mol. The molecule has 144 valence electrons. The summed E-state index contributed by atoms with van der Waals surface area (Å²) in [5.74, 6) is -2.18. The summed E-state index contributed by atoms with van der Waals surface area (Å²) in [6.07, 6.45) is -12.0. The molecular weight excluding hydrogens is 371 g/mol. The molecule has 2 heterocycles. The van der Waals surface area contributed by atoms with Gasteiger partial charge in [0.25, 0.3) is 0 Å². The van der Waals surface area contributed by atoms with Gasteiger partial charge >= 0.3 is 51.4 Å². The molecule has 2 saturated heterocycles. The van der Waals surface area contributed by atoms with Crippen molar-refractivity contribution in [2.45, 2.75) is 54.8 Å². The monoisotopic (exact) mass is 396 g/mol. The van der Waals surface area contributed by atoms with E-state index in [-0.39, 0.29) is 59.4 Å². The van der Waals surface area contributed by atoms with Gasteiger partial charge in [-0.05, 0) is 0 Å². The first kappa shape index (κ1) is 24.2. The summed E-state index contributed by atoms with van der Waals surface area (Å²) < 4.78 is 20.7. The topological polar surface area (TPSA) is 179 Å². The molecule has 0 aromatic heterocycles. The van der Waals surface area contributed by atoms with E-state index in [1.165, 1.54) is 7.11 Å². The van der Waals surface area contributed by atoms with Crippen LogP contribution in [-0.2, 0) is 18.9 Å². The van der Waals surface area contributed by atoms with Crippen molar-refractivity contribution in [3.8, 4) is 0 Å². The molecule has 2 aliphatic heterocycles. The Bertz CT molecular complexity index is 422. The number of rotatable bonds is 6. The molecule has 2 rings (SSSR count). The van der Waals surface area contributed by atoms with Crippen molar-refractivity contribution in [3.63, 3.8) is 0 Å². The van der Waals surface area contributed by atoms with Crippen molar-refractivity contribution in [1.82, 2.24) is 0 Å². The van der Waals surface area contributed by atoms with Crippen LogP contribution in [0, 0.1) is 0 Å². The van der Waals surface area contributed by atoms with E-state index < -0.39 is 68.0 Å². The van der Waals surface area contributed by atoms with E-state index in [0.717, 1.165) is 0 Å². The SMILES string of the molecule is COC[C@H]1O[C@H](O[C@]2(CO)O[C@H](CO)[C@@H](O)[C@@H]2O)[C@H](O)[C@@H](O)[C@@H]1O.[H-].[K+]. The van der Waals surface area contributed by atoms with E-state index in [1.807, 2.05) is 0 Å². The minimum Gasteiger partial charge on any atom is -1.00 e. The fraction of sp³-hybridized carbons (Fsp3) is 1.00. The van der Waals surface area contributed by atoms with Crippen molar-refractivity contribution in [3.05, 3.63) is 0 Å². The van der Waals surface area contributed by atoms with Gasteiger partial charge in [0.05, 0.1) is 13.2 Å². The second-order valence-electron chi connectivity index (χ2n) is 5.83. The molecule has 2 aliphatic rings. The summed E-state index contributed by atoms with van der Waals surface area (Å²) in [4.78, 5) is 0. The van der Waals surface area contributed by atoms with Crippen LogP contribution in [0.3, 0.4) is 0 Å². The zero-order valence-electron chi connectivity index (χ0n) is 15.0. The van der Waals surface area contributed by atoms with Crippen molar-refractivity contribution < 1.29 is 108 Å². The third-order valence-corrected chi connectivity index (χ3v) is 4.22. The molecular formula is C13H25KO11. The molecule has 0 aromatic carbocycles. The number of aliphatic hydroxyl groups excluding tert-OH is 7. The van der Waals surface area contributed by atoms with E-state index in [4.69, 9.17) is 24.1 Å². The Kier molecular flexibility index (Phi) is 9.80. The maximum absolute atomic E-state index is 10.1. The molecule has 0 amide bonds. The van der Waals surface area contributed by atoms with Crippen LogP contribution in [0.5, 0.6) is 0 Å². The number of methoxy groups -OCH3 is 1. The van der Waals surface area contributed by atoms with E-state index in [2.05, 4.69) is 0 Å². The molecule has 25 heavy (non-hydrogen) atoms. The summed E-state index contributed by atoms with van der Waals surface area (Å²) in [6, 6.07) is 0. The largest absolute Gasteiger partial charge is 1.00 e. The molecule has 7 N–H and O–H groups in total. The maximum Gasteiger partial charge on any atom is 1.00 e. The Morgan fingerprint density at radius 3 is 2.08 bits per heavy atom. The van der Waals surface area contributed by atoms with Crippen LogP contribution in [0.1, 0.15) is 1.43 Å². The van der Waals surface area contributed by atoms with Crippen molar-refractivity contribution in [2.75, 3.05) is 26.9 Å². The fourth-order valence-electron chi connectivity index (χ4n) is 2.78. The Morgan fingerprint density at radius 2 is 1.60 bits per heavy atom. The average Bonchev–Trinajstić information content (AvgIpc) is 2.82. The van der Waals surface area contributed by atoms with Gasteiger partial charge in [-0.15, -0.1) is 0 Å². The summed E-state index contributed by atoms with van der Waals surface area (Å²) in [7, 11) is 1.34. The van der Waals surface area contributed by atoms with Crippen LogP contribution in [-0.4, -0.2) is 117 Å². The van der Waals surface area contributed by atoms with Crippen LogP contribution in [0.4, 0.5) is 0 Å². The molecule has 2 fully saturated rings. The van der Waals surface area contributed by atoms with E-state index in [1.54, 1.807) is 0 Å². The van der Waals surface area contributed by atoms with Crippen LogP contribution in [0.25, 0.3) is 0 Å². The molecule has 0 radical (unpaired) electrons. The van der Waals surface area contributed by atoms with Crippen LogP contribution in [0.15, 0.2) is 0 Å². The van der Waals surface area contributed by atoms with Gasteiger partial charge in [-0.25, -0.2) is 0 Å². The van der Waals surface area contributed by atoms with E-state index >= 15 is 0 Å². The van der Waals surface area contributed by atoms with E-state index in [9.17, 15) is 30.6 Å². The molecule has 0 bridgehead atoms. The molecule has 0 unspecified atom stereocenters. The summed E-state index contributed by atoms with van der Waals surface area (Å²) in [6.45, 7) is -1.70. The first-order valence-electron chi connectivity index (χ1n) is 7.43. The summed E-state index contributed by atoms with van der Waals surface area (Å²) in [5.41, 5.74) is 0. The van der Waals surface area contributed by atoms with Crippen molar-refractivity contribution in [1.29, 1.82) is 0 Å². The molecule has 0 spiro atoms. The molecule has 12 heteroatoms. The quantitative estimate of drug-likeness (QED) is 0.212. The van der Waals surface area contributed by atoms with Gasteiger partial charge in [-0.2, -0.15) is 0 Å². The van der Waals surface area contributed by atoms with Gasteiger partial charge in [0.1, 0.15) is 49.3 Å². The summed E-state index contributed by atoms with van der Waals surface area (Å²) >= 11 is 0. The third kappa shape index (κ3) is 4.79. The number of hydrogen-bond donors (Lipinski definition) is 7. The van der Waals surface area contributed by atoms with Crippen molar-refractivity contribution in [2.24, 2.45) is 0 Å². The molecule has 11 nitrogen and oxygen atoms in total. The van der Waals surface area contributed by atoms with Crippen LogP contribution < -0.4 is 51.4 Å². The van der Waals surface area contributed by atoms with Gasteiger partial charge in [0, 0.05) is 7.11 Å². The standard InChI is InChI=1S/C13H24O11.K.H/c1-21-3-6-7(16)9(18)10(19)12(22-6)24-13(4-15)11(20)8(17)5(2-14)23-13;;/h5-12,14-20H,2-4H2,1H3;;/q;+1;-1/t5-,6-,7-,8-,9+,10-,11+,12-,13+;;/m1../s1. The maximum atomic E-state index is 10.1. The number of aliphatic hydroxyl groups is 7. The van der Waals surface area contributed by atoms with Gasteiger partial charge in [-0.1, -0.05) is 0 Å². The molecule has 0 aromatic rings. The second kappa shape index (κ2) is 10.1. The van der Waals surface area contributed by atoms with Gasteiger partial charge in [0.2, 0.25) is 5.79 Å². The zero-order valence-corrected chi connectivity index (χ0v) is 17.1. The fourth-order valence-corrected chi connectivity index (χ4v) is 2.78. The Morgan fingerprint density at radius 1 is 0.960 bits per heavy atom. The van der Waals surface area contributed by atoms with Crippen LogP contribution in [0.2, 0.25) is 0 Å². The number of hydrogen-bond acceptors (Lipinski definition) is 11. The smallest absolute Gasteiger partial charge is 1.00 e. The first-order chi connectivity index (χ1) is 11.3. The predicted octanol–water partition coefficient (Wildman–Crippen LogP) is -7.62. The minimum atomic E-state index is -2.18. The molecule has 0 saturated carbocycles. The Balaban J connectivity index is 0.00000312. The van der Waals surface area contributed by atoms with Gasteiger partial charge in [0.15, 0.2) is 6.29 Å². The van der Waals surface area contributed by atoms with Gasteiger partial charge < -0.3 is 56.1 Å². The molecule has 9 atom stereocenters. The first-order valence-corrected chi connectivity index (χ1v) is 7.43. The summed E-state index contributed by atoms with van der Waals surface area (Å²) in [5, 5.41) is 68.3. The van der Waals surface area contributed by atoms with Gasteiger partial charge in [-0.3, -0.25) is 0 Å². The van der Waals surface area contributed by atoms with Crippen molar-refractivity contribution >= 4 is 0 Å². The normalized spacial score (nSPS) is 47.5. The third-order valence-electron chi connectivity index (χ3n) is 4.22. The zero-order chi connectivity index (χ0) is 18.1. The molecule has 0 aliphatic carbocycles.